The smallest absolute Gasteiger partial charge is 0.294 e. The molecule has 2 atom stereocenters. The van der Waals surface area contributed by atoms with E-state index in [1.165, 1.54) is 0 Å². The third kappa shape index (κ3) is 2.42. The van der Waals surface area contributed by atoms with Crippen molar-refractivity contribution in [3.63, 3.8) is 0 Å². The Morgan fingerprint density at radius 2 is 2.31 bits per heavy atom. The predicted molar refractivity (Wildman–Crippen MR) is 48.2 cm³/mol. The van der Waals surface area contributed by atoms with Gasteiger partial charge in [0.2, 0.25) is 0 Å². The van der Waals surface area contributed by atoms with Crippen LogP contribution < -0.4 is 0 Å². The molecule has 0 aromatic heterocycles. The van der Waals surface area contributed by atoms with Gasteiger partial charge in [-0.1, -0.05) is 0 Å². The van der Waals surface area contributed by atoms with E-state index in [1.54, 1.807) is 0 Å². The summed E-state index contributed by atoms with van der Waals surface area (Å²) in [5.41, 5.74) is 0. The summed E-state index contributed by atoms with van der Waals surface area (Å²) >= 11 is 0. The molecular weight excluding hydrogens is 170 g/mol. The van der Waals surface area contributed by atoms with Crippen molar-refractivity contribution < 1.29 is 14.3 Å². The number of ether oxygens (including phenoxy) is 2. The summed E-state index contributed by atoms with van der Waals surface area (Å²) < 4.78 is 10.4. The van der Waals surface area contributed by atoms with E-state index in [4.69, 9.17) is 9.47 Å². The topological polar surface area (TPSA) is 38.8 Å². The number of morpholine rings is 1. The number of hydrogen-bond acceptors (Lipinski definition) is 4. The highest BCUT2D eigenvalue weighted by atomic mass is 16.6. The second-order valence-corrected chi connectivity index (χ2v) is 3.53. The maximum absolute atomic E-state index is 10.3. The Kier molecular flexibility index (Phi) is 3.69. The first-order valence-corrected chi connectivity index (χ1v) is 4.63. The zero-order chi connectivity index (χ0) is 9.84. The van der Waals surface area contributed by atoms with E-state index in [-0.39, 0.29) is 12.3 Å². The van der Waals surface area contributed by atoms with Crippen LogP contribution in [0, 0.1) is 0 Å². The van der Waals surface area contributed by atoms with Crippen molar-refractivity contribution in [3.8, 4) is 0 Å². The second kappa shape index (κ2) is 4.58. The van der Waals surface area contributed by atoms with Crippen LogP contribution in [-0.4, -0.2) is 42.9 Å². The maximum atomic E-state index is 10.3. The summed E-state index contributed by atoms with van der Waals surface area (Å²) in [6.45, 7) is 8.10. The molecule has 0 aromatic rings. The minimum Gasteiger partial charge on any atom is -0.446 e. The Hall–Kier alpha value is -0.610. The van der Waals surface area contributed by atoms with E-state index in [9.17, 15) is 4.79 Å². The SMILES string of the molecule is CC1OCCN(C(C)C)C1OC=O. The summed E-state index contributed by atoms with van der Waals surface area (Å²) in [7, 11) is 0. The van der Waals surface area contributed by atoms with E-state index in [0.717, 1.165) is 6.54 Å². The highest BCUT2D eigenvalue weighted by Gasteiger charge is 2.32. The Balaban J connectivity index is 2.61. The van der Waals surface area contributed by atoms with Crippen LogP contribution in [0.1, 0.15) is 20.8 Å². The fourth-order valence-corrected chi connectivity index (χ4v) is 1.62. The molecule has 0 bridgehead atoms. The number of hydrogen-bond donors (Lipinski definition) is 0. The molecule has 76 valence electrons. The standard InChI is InChI=1S/C9H17NO3/c1-7(2)10-4-5-12-8(3)9(10)13-6-11/h6-9H,4-5H2,1-3H3. The molecule has 0 N–H and O–H groups in total. The average Bonchev–Trinajstić information content (AvgIpc) is 2.08. The molecular formula is C9H17NO3. The molecule has 2 unspecified atom stereocenters. The molecule has 1 fully saturated rings. The zero-order valence-corrected chi connectivity index (χ0v) is 8.40. The number of rotatable bonds is 3. The fourth-order valence-electron chi connectivity index (χ4n) is 1.62. The van der Waals surface area contributed by atoms with Crippen molar-refractivity contribution in [1.29, 1.82) is 0 Å². The van der Waals surface area contributed by atoms with E-state index in [2.05, 4.69) is 18.7 Å². The van der Waals surface area contributed by atoms with Gasteiger partial charge >= 0.3 is 0 Å². The Morgan fingerprint density at radius 3 is 2.85 bits per heavy atom. The number of carbonyl (C=O) groups excluding carboxylic acids is 1. The molecule has 13 heavy (non-hydrogen) atoms. The first-order chi connectivity index (χ1) is 6.16. The summed E-state index contributed by atoms with van der Waals surface area (Å²) in [6.07, 6.45) is -0.271. The lowest BCUT2D eigenvalue weighted by atomic mass is 10.2. The van der Waals surface area contributed by atoms with Crippen LogP contribution in [0.15, 0.2) is 0 Å². The van der Waals surface area contributed by atoms with Gasteiger partial charge in [0.1, 0.15) is 6.10 Å². The molecule has 1 aliphatic rings. The van der Waals surface area contributed by atoms with Crippen LogP contribution in [0.4, 0.5) is 0 Å². The van der Waals surface area contributed by atoms with Gasteiger partial charge in [-0.2, -0.15) is 0 Å². The molecule has 1 heterocycles. The maximum Gasteiger partial charge on any atom is 0.294 e. The highest BCUT2D eigenvalue weighted by Crippen LogP contribution is 2.16. The third-order valence-electron chi connectivity index (χ3n) is 2.32. The molecule has 1 aliphatic heterocycles. The van der Waals surface area contributed by atoms with Crippen molar-refractivity contribution in [1.82, 2.24) is 4.90 Å². The Morgan fingerprint density at radius 1 is 1.62 bits per heavy atom. The molecule has 4 nitrogen and oxygen atoms in total. The van der Waals surface area contributed by atoms with Gasteiger partial charge in [-0.3, -0.25) is 9.69 Å². The van der Waals surface area contributed by atoms with Gasteiger partial charge in [-0.25, -0.2) is 0 Å². The van der Waals surface area contributed by atoms with E-state index < -0.39 is 0 Å². The zero-order valence-electron chi connectivity index (χ0n) is 8.40. The van der Waals surface area contributed by atoms with Crippen LogP contribution in [0.25, 0.3) is 0 Å². The molecule has 0 aliphatic carbocycles. The molecule has 1 rings (SSSR count). The molecule has 4 heteroatoms. The number of carbonyl (C=O) groups is 1. The van der Waals surface area contributed by atoms with Gasteiger partial charge in [0.05, 0.1) is 6.61 Å². The van der Waals surface area contributed by atoms with Crippen molar-refractivity contribution in [2.45, 2.75) is 39.1 Å². The lowest BCUT2D eigenvalue weighted by Gasteiger charge is -2.40. The van der Waals surface area contributed by atoms with E-state index in [1.807, 2.05) is 6.92 Å². The molecule has 0 aromatic carbocycles. The van der Waals surface area contributed by atoms with Gasteiger partial charge in [-0.15, -0.1) is 0 Å². The fraction of sp³-hybridized carbons (Fsp3) is 0.889. The lowest BCUT2D eigenvalue weighted by Crippen LogP contribution is -2.54. The monoisotopic (exact) mass is 187 g/mol. The van der Waals surface area contributed by atoms with Gasteiger partial charge in [0, 0.05) is 12.6 Å². The average molecular weight is 187 g/mol. The van der Waals surface area contributed by atoms with E-state index in [0.29, 0.717) is 19.1 Å². The van der Waals surface area contributed by atoms with Crippen LogP contribution >= 0.6 is 0 Å². The molecule has 0 amide bonds. The Labute approximate surface area is 78.8 Å². The van der Waals surface area contributed by atoms with Gasteiger partial charge in [0.25, 0.3) is 6.47 Å². The molecule has 1 saturated heterocycles. The summed E-state index contributed by atoms with van der Waals surface area (Å²) in [5.74, 6) is 0. The lowest BCUT2D eigenvalue weighted by molar-refractivity contribution is -0.185. The van der Waals surface area contributed by atoms with Gasteiger partial charge in [0.15, 0.2) is 6.23 Å². The molecule has 0 radical (unpaired) electrons. The van der Waals surface area contributed by atoms with Crippen molar-refractivity contribution >= 4 is 6.47 Å². The normalized spacial score (nSPS) is 30.5. The molecule has 0 saturated carbocycles. The second-order valence-electron chi connectivity index (χ2n) is 3.53. The first-order valence-electron chi connectivity index (χ1n) is 4.63. The quantitative estimate of drug-likeness (QED) is 0.607. The largest absolute Gasteiger partial charge is 0.446 e. The van der Waals surface area contributed by atoms with Crippen LogP contribution in [0.5, 0.6) is 0 Å². The van der Waals surface area contributed by atoms with Crippen molar-refractivity contribution in [2.75, 3.05) is 13.2 Å². The summed E-state index contributed by atoms with van der Waals surface area (Å²) in [4.78, 5) is 12.4. The Bertz CT molecular complexity index is 172. The predicted octanol–water partition coefficient (Wildman–Crippen LogP) is 0.615. The van der Waals surface area contributed by atoms with Crippen molar-refractivity contribution in [2.24, 2.45) is 0 Å². The van der Waals surface area contributed by atoms with Crippen LogP contribution in [0.2, 0.25) is 0 Å². The number of nitrogens with zero attached hydrogens (tertiary/aromatic N) is 1. The van der Waals surface area contributed by atoms with Crippen LogP contribution in [-0.2, 0) is 14.3 Å². The van der Waals surface area contributed by atoms with E-state index >= 15 is 0 Å². The van der Waals surface area contributed by atoms with Crippen molar-refractivity contribution in [3.05, 3.63) is 0 Å². The minimum atomic E-state index is -0.230. The first kappa shape index (κ1) is 10.5. The van der Waals surface area contributed by atoms with Gasteiger partial charge in [-0.05, 0) is 20.8 Å². The third-order valence-corrected chi connectivity index (χ3v) is 2.32. The van der Waals surface area contributed by atoms with Crippen LogP contribution in [0.3, 0.4) is 0 Å². The highest BCUT2D eigenvalue weighted by molar-refractivity contribution is 5.37. The molecule has 0 spiro atoms. The van der Waals surface area contributed by atoms with Gasteiger partial charge < -0.3 is 9.47 Å². The summed E-state index contributed by atoms with van der Waals surface area (Å²) in [5, 5.41) is 0. The minimum absolute atomic E-state index is 0.0404. The summed E-state index contributed by atoms with van der Waals surface area (Å²) in [6, 6.07) is 0.372.